The van der Waals surface area contributed by atoms with Crippen molar-refractivity contribution < 1.29 is 19.1 Å². The number of halogens is 1. The number of amides is 1. The molecule has 1 heterocycles. The molecule has 0 bridgehead atoms. The first-order chi connectivity index (χ1) is 9.47. The maximum absolute atomic E-state index is 13.6. The van der Waals surface area contributed by atoms with Gasteiger partial charge in [0.05, 0.1) is 5.69 Å². The Morgan fingerprint density at radius 2 is 1.90 bits per heavy atom. The van der Waals surface area contributed by atoms with E-state index in [1.165, 1.54) is 30.3 Å². The molecule has 102 valence electrons. The number of nitrogens with zero attached hydrogens (tertiary/aromatic N) is 1. The number of anilines is 1. The highest BCUT2D eigenvalue weighted by atomic mass is 19.1. The van der Waals surface area contributed by atoms with Gasteiger partial charge in [0.25, 0.3) is 5.91 Å². The first kappa shape index (κ1) is 13.7. The number of aromatic nitrogens is 1. The lowest BCUT2D eigenvalue weighted by Gasteiger charge is -2.07. The molecule has 0 fully saturated rings. The summed E-state index contributed by atoms with van der Waals surface area (Å²) in [5.41, 5.74) is 0.404. The first-order valence-electron chi connectivity index (χ1n) is 5.75. The van der Waals surface area contributed by atoms with Gasteiger partial charge in [-0.25, -0.2) is 14.2 Å². The Balaban J connectivity index is 2.24. The van der Waals surface area contributed by atoms with E-state index < -0.39 is 17.7 Å². The van der Waals surface area contributed by atoms with Crippen LogP contribution in [0.2, 0.25) is 0 Å². The molecule has 6 heteroatoms. The second kappa shape index (κ2) is 5.48. The normalized spacial score (nSPS) is 10.1. The van der Waals surface area contributed by atoms with Gasteiger partial charge >= 0.3 is 5.97 Å². The molecule has 2 aromatic rings. The minimum absolute atomic E-state index is 0.0168. The summed E-state index contributed by atoms with van der Waals surface area (Å²) in [7, 11) is 0. The van der Waals surface area contributed by atoms with Gasteiger partial charge in [0, 0.05) is 0 Å². The molecule has 20 heavy (non-hydrogen) atoms. The van der Waals surface area contributed by atoms with Crippen LogP contribution < -0.4 is 5.32 Å². The zero-order valence-electron chi connectivity index (χ0n) is 10.6. The van der Waals surface area contributed by atoms with E-state index in [4.69, 9.17) is 5.11 Å². The average Bonchev–Trinajstić information content (AvgIpc) is 2.42. The zero-order valence-corrected chi connectivity index (χ0v) is 10.6. The fourth-order valence-electron chi connectivity index (χ4n) is 1.59. The molecule has 1 aromatic heterocycles. The second-order valence-corrected chi connectivity index (χ2v) is 4.15. The number of pyridine rings is 1. The number of benzene rings is 1. The molecule has 0 unspecified atom stereocenters. The van der Waals surface area contributed by atoms with Crippen molar-refractivity contribution in [3.8, 4) is 0 Å². The third kappa shape index (κ3) is 2.97. The summed E-state index contributed by atoms with van der Waals surface area (Å²) in [6, 6.07) is 8.40. The third-order valence-electron chi connectivity index (χ3n) is 2.57. The van der Waals surface area contributed by atoms with Gasteiger partial charge in [-0.3, -0.25) is 4.79 Å². The summed E-state index contributed by atoms with van der Waals surface area (Å²) in [5, 5.41) is 11.2. The predicted molar refractivity (Wildman–Crippen MR) is 70.3 cm³/mol. The van der Waals surface area contributed by atoms with E-state index in [0.717, 1.165) is 5.56 Å². The highest BCUT2D eigenvalue weighted by Gasteiger charge is 2.13. The minimum Gasteiger partial charge on any atom is -0.477 e. The topological polar surface area (TPSA) is 79.3 Å². The number of carboxylic acids is 1. The average molecular weight is 274 g/mol. The lowest BCUT2D eigenvalue weighted by molar-refractivity contribution is 0.0690. The van der Waals surface area contributed by atoms with Crippen molar-refractivity contribution in [3.05, 3.63) is 59.2 Å². The van der Waals surface area contributed by atoms with E-state index in [0.29, 0.717) is 0 Å². The van der Waals surface area contributed by atoms with Gasteiger partial charge in [-0.15, -0.1) is 0 Å². The third-order valence-corrected chi connectivity index (χ3v) is 2.57. The lowest BCUT2D eigenvalue weighted by Crippen LogP contribution is -2.16. The van der Waals surface area contributed by atoms with Gasteiger partial charge in [-0.05, 0) is 36.8 Å². The molecule has 1 amide bonds. The van der Waals surface area contributed by atoms with Crippen molar-refractivity contribution in [2.45, 2.75) is 6.92 Å². The number of aryl methyl sites for hydroxylation is 1. The number of rotatable bonds is 3. The second-order valence-electron chi connectivity index (χ2n) is 4.15. The van der Waals surface area contributed by atoms with E-state index in [1.54, 1.807) is 13.0 Å². The number of carbonyl (C=O) groups excluding carboxylic acids is 1. The van der Waals surface area contributed by atoms with Crippen molar-refractivity contribution in [1.29, 1.82) is 0 Å². The van der Waals surface area contributed by atoms with E-state index in [2.05, 4.69) is 10.3 Å². The fourth-order valence-corrected chi connectivity index (χ4v) is 1.59. The molecular formula is C14H11FN2O3. The Hall–Kier alpha value is -2.76. The van der Waals surface area contributed by atoms with E-state index in [-0.39, 0.29) is 17.1 Å². The van der Waals surface area contributed by atoms with E-state index in [1.807, 2.05) is 0 Å². The lowest BCUT2D eigenvalue weighted by atomic mass is 10.2. The Kier molecular flexibility index (Phi) is 3.74. The number of aromatic carboxylic acids is 1. The van der Waals surface area contributed by atoms with E-state index >= 15 is 0 Å². The van der Waals surface area contributed by atoms with Crippen LogP contribution in [0.15, 0.2) is 36.4 Å². The van der Waals surface area contributed by atoms with Crippen LogP contribution in [0.25, 0.3) is 0 Å². The molecule has 2 rings (SSSR count). The summed E-state index contributed by atoms with van der Waals surface area (Å²) in [4.78, 5) is 26.3. The van der Waals surface area contributed by atoms with Crippen LogP contribution >= 0.6 is 0 Å². The van der Waals surface area contributed by atoms with Crippen molar-refractivity contribution in [2.24, 2.45) is 0 Å². The molecule has 5 nitrogen and oxygen atoms in total. The molecule has 0 aliphatic rings. The molecule has 0 saturated heterocycles. The quantitative estimate of drug-likeness (QED) is 0.901. The molecule has 0 saturated carbocycles. The summed E-state index contributed by atoms with van der Waals surface area (Å²) in [6.45, 7) is 1.73. The standard InChI is InChI=1S/C14H11FN2O3/c1-8-5-6-10(9(15)7-8)17-13(18)11-3-2-4-12(16-11)14(19)20/h2-7H,1H3,(H,17,18)(H,19,20). The summed E-state index contributed by atoms with van der Waals surface area (Å²) < 4.78 is 13.6. The molecular weight excluding hydrogens is 263 g/mol. The van der Waals surface area contributed by atoms with Gasteiger partial charge in [-0.1, -0.05) is 12.1 Å². The summed E-state index contributed by atoms with van der Waals surface area (Å²) >= 11 is 0. The van der Waals surface area contributed by atoms with Gasteiger partial charge in [-0.2, -0.15) is 0 Å². The smallest absolute Gasteiger partial charge is 0.354 e. The Labute approximate surface area is 114 Å². The Bertz CT molecular complexity index is 686. The van der Waals surface area contributed by atoms with E-state index in [9.17, 15) is 14.0 Å². The van der Waals surface area contributed by atoms with Gasteiger partial charge in [0.1, 0.15) is 17.2 Å². The molecule has 0 aliphatic heterocycles. The molecule has 0 radical (unpaired) electrons. The van der Waals surface area contributed by atoms with Crippen molar-refractivity contribution in [3.63, 3.8) is 0 Å². The summed E-state index contributed by atoms with van der Waals surface area (Å²) in [6.07, 6.45) is 0. The minimum atomic E-state index is -1.24. The number of carbonyl (C=O) groups is 2. The maximum Gasteiger partial charge on any atom is 0.354 e. The Morgan fingerprint density at radius 3 is 2.55 bits per heavy atom. The zero-order chi connectivity index (χ0) is 14.7. The van der Waals surface area contributed by atoms with Gasteiger partial charge in [0.2, 0.25) is 0 Å². The Morgan fingerprint density at radius 1 is 1.20 bits per heavy atom. The van der Waals surface area contributed by atoms with Crippen LogP contribution in [-0.4, -0.2) is 22.0 Å². The molecule has 1 aromatic carbocycles. The number of hydrogen-bond acceptors (Lipinski definition) is 3. The van der Waals surface area contributed by atoms with Crippen LogP contribution in [0.1, 0.15) is 26.5 Å². The van der Waals surface area contributed by atoms with Crippen LogP contribution in [0.4, 0.5) is 10.1 Å². The van der Waals surface area contributed by atoms with Crippen LogP contribution in [-0.2, 0) is 0 Å². The van der Waals surface area contributed by atoms with Gasteiger partial charge in [0.15, 0.2) is 0 Å². The highest BCUT2D eigenvalue weighted by molar-refractivity contribution is 6.03. The molecule has 0 atom stereocenters. The van der Waals surface area contributed by atoms with Gasteiger partial charge < -0.3 is 10.4 Å². The SMILES string of the molecule is Cc1ccc(NC(=O)c2cccc(C(=O)O)n2)c(F)c1. The highest BCUT2D eigenvalue weighted by Crippen LogP contribution is 2.16. The molecule has 2 N–H and O–H groups in total. The van der Waals surface area contributed by atoms with Crippen molar-refractivity contribution in [2.75, 3.05) is 5.32 Å². The largest absolute Gasteiger partial charge is 0.477 e. The van der Waals surface area contributed by atoms with Crippen LogP contribution in [0, 0.1) is 12.7 Å². The first-order valence-corrected chi connectivity index (χ1v) is 5.75. The monoisotopic (exact) mass is 274 g/mol. The molecule has 0 spiro atoms. The fraction of sp³-hybridized carbons (Fsp3) is 0.0714. The molecule has 0 aliphatic carbocycles. The van der Waals surface area contributed by atoms with Crippen molar-refractivity contribution >= 4 is 17.6 Å². The predicted octanol–water partition coefficient (Wildman–Crippen LogP) is 2.48. The summed E-state index contributed by atoms with van der Waals surface area (Å²) in [5.74, 6) is -2.47. The number of hydrogen-bond donors (Lipinski definition) is 2. The van der Waals surface area contributed by atoms with Crippen LogP contribution in [0.3, 0.4) is 0 Å². The number of carboxylic acid groups (broad SMARTS) is 1. The number of nitrogens with one attached hydrogen (secondary N) is 1. The van der Waals surface area contributed by atoms with Crippen molar-refractivity contribution in [1.82, 2.24) is 4.98 Å². The van der Waals surface area contributed by atoms with Crippen LogP contribution in [0.5, 0.6) is 0 Å². The maximum atomic E-state index is 13.6.